The van der Waals surface area contributed by atoms with Crippen molar-refractivity contribution in [2.75, 3.05) is 4.90 Å². The number of pyridine rings is 1. The van der Waals surface area contributed by atoms with Gasteiger partial charge in [0.2, 0.25) is 0 Å². The molecule has 2 aromatic heterocycles. The van der Waals surface area contributed by atoms with Crippen LogP contribution in [0.15, 0.2) is 150 Å². The number of hydrogen-bond donors (Lipinski definition) is 0. The highest BCUT2D eigenvalue weighted by molar-refractivity contribution is 6.06. The summed E-state index contributed by atoms with van der Waals surface area (Å²) in [6.45, 7) is 0. The highest BCUT2D eigenvalue weighted by atomic mass is 16.3. The molecule has 0 aliphatic carbocycles. The average molecular weight is 513 g/mol. The lowest BCUT2D eigenvalue weighted by Gasteiger charge is -2.26. The minimum Gasteiger partial charge on any atom is -0.456 e. The van der Waals surface area contributed by atoms with Crippen molar-refractivity contribution >= 4 is 60.7 Å². The molecule has 188 valence electrons. The largest absolute Gasteiger partial charge is 0.456 e. The van der Waals surface area contributed by atoms with Crippen LogP contribution < -0.4 is 4.90 Å². The maximum atomic E-state index is 6.11. The average Bonchev–Trinajstić information content (AvgIpc) is 3.39. The summed E-state index contributed by atoms with van der Waals surface area (Å²) in [5.74, 6) is 0. The first-order valence-corrected chi connectivity index (χ1v) is 13.5. The summed E-state index contributed by atoms with van der Waals surface area (Å²) >= 11 is 0. The van der Waals surface area contributed by atoms with Crippen LogP contribution in [0.5, 0.6) is 0 Å². The third kappa shape index (κ3) is 3.79. The van der Waals surface area contributed by atoms with Crippen molar-refractivity contribution in [3.63, 3.8) is 0 Å². The van der Waals surface area contributed by atoms with Crippen molar-refractivity contribution in [2.24, 2.45) is 0 Å². The molecule has 3 heteroatoms. The second-order valence-electron chi connectivity index (χ2n) is 10.1. The van der Waals surface area contributed by atoms with Crippen LogP contribution in [0.1, 0.15) is 0 Å². The van der Waals surface area contributed by atoms with Gasteiger partial charge in [-0.2, -0.15) is 0 Å². The Morgan fingerprint density at radius 1 is 0.450 bits per heavy atom. The smallest absolute Gasteiger partial charge is 0.135 e. The Labute approximate surface area is 231 Å². The first-order chi connectivity index (χ1) is 19.8. The van der Waals surface area contributed by atoms with Gasteiger partial charge in [0.05, 0.1) is 11.2 Å². The van der Waals surface area contributed by atoms with Gasteiger partial charge >= 0.3 is 0 Å². The molecule has 0 unspecified atom stereocenters. The molecule has 6 aromatic carbocycles. The van der Waals surface area contributed by atoms with E-state index in [2.05, 4.69) is 126 Å². The van der Waals surface area contributed by atoms with Crippen molar-refractivity contribution in [1.29, 1.82) is 0 Å². The number of hydrogen-bond acceptors (Lipinski definition) is 3. The molecule has 0 aliphatic heterocycles. The van der Waals surface area contributed by atoms with Gasteiger partial charge in [0.15, 0.2) is 0 Å². The normalized spacial score (nSPS) is 11.5. The van der Waals surface area contributed by atoms with Crippen LogP contribution in [0.25, 0.3) is 54.9 Å². The Morgan fingerprint density at radius 2 is 1.18 bits per heavy atom. The van der Waals surface area contributed by atoms with E-state index in [9.17, 15) is 0 Å². The molecule has 0 bridgehead atoms. The molecule has 0 amide bonds. The van der Waals surface area contributed by atoms with Crippen LogP contribution in [-0.4, -0.2) is 4.98 Å². The van der Waals surface area contributed by atoms with Crippen molar-refractivity contribution in [3.8, 4) is 11.3 Å². The fourth-order valence-electron chi connectivity index (χ4n) is 5.64. The monoisotopic (exact) mass is 512 g/mol. The summed E-state index contributed by atoms with van der Waals surface area (Å²) in [6, 6.07) is 50.9. The Bertz CT molecular complexity index is 2180. The molecule has 3 nitrogen and oxygen atoms in total. The van der Waals surface area contributed by atoms with Gasteiger partial charge in [-0.15, -0.1) is 0 Å². The quantitative estimate of drug-likeness (QED) is 0.235. The fraction of sp³-hybridized carbons (Fsp3) is 0. The second-order valence-corrected chi connectivity index (χ2v) is 10.1. The zero-order valence-corrected chi connectivity index (χ0v) is 21.7. The molecule has 0 fully saturated rings. The predicted octanol–water partition coefficient (Wildman–Crippen LogP) is 10.4. The first kappa shape index (κ1) is 22.6. The molecule has 0 saturated carbocycles. The molecule has 0 radical (unpaired) electrons. The zero-order chi connectivity index (χ0) is 26.5. The van der Waals surface area contributed by atoms with Crippen molar-refractivity contribution in [2.45, 2.75) is 0 Å². The minimum atomic E-state index is 0.893. The lowest BCUT2D eigenvalue weighted by molar-refractivity contribution is 0.669. The Balaban J connectivity index is 1.28. The zero-order valence-electron chi connectivity index (χ0n) is 21.7. The molecule has 0 saturated heterocycles. The Kier molecular flexibility index (Phi) is 5.14. The molecule has 2 heterocycles. The van der Waals surface area contributed by atoms with E-state index in [1.807, 2.05) is 24.3 Å². The molecule has 0 N–H and O–H groups in total. The Morgan fingerprint density at radius 3 is 2.12 bits per heavy atom. The molecule has 0 spiro atoms. The van der Waals surface area contributed by atoms with E-state index in [1.165, 1.54) is 10.8 Å². The summed E-state index contributed by atoms with van der Waals surface area (Å²) in [6.07, 6.45) is 0. The lowest BCUT2D eigenvalue weighted by atomic mass is 10.0. The third-order valence-electron chi connectivity index (χ3n) is 7.61. The summed E-state index contributed by atoms with van der Waals surface area (Å²) in [5.41, 5.74) is 8.15. The molecule has 8 aromatic rings. The van der Waals surface area contributed by atoms with Crippen molar-refractivity contribution in [1.82, 2.24) is 4.98 Å². The molecule has 8 rings (SSSR count). The number of furan rings is 1. The highest BCUT2D eigenvalue weighted by Crippen LogP contribution is 2.39. The van der Waals surface area contributed by atoms with E-state index < -0.39 is 0 Å². The van der Waals surface area contributed by atoms with Gasteiger partial charge in [0, 0.05) is 38.8 Å². The van der Waals surface area contributed by atoms with Gasteiger partial charge in [-0.05, 0) is 77.5 Å². The standard InChI is InChI=1S/C37H24N2O/c1-2-9-29(10-3-1)39(31-19-21-37-33(24-31)32-11-5-7-13-36(32)40-37)30-18-16-25-14-15-27(22-28(25)23-30)35-20-17-26-8-4-6-12-34(26)38-35/h1-24H. The highest BCUT2D eigenvalue weighted by Gasteiger charge is 2.16. The van der Waals surface area contributed by atoms with Crippen LogP contribution in [-0.2, 0) is 0 Å². The number of rotatable bonds is 4. The van der Waals surface area contributed by atoms with Gasteiger partial charge in [-0.1, -0.05) is 78.9 Å². The van der Waals surface area contributed by atoms with Crippen LogP contribution in [0, 0.1) is 0 Å². The van der Waals surface area contributed by atoms with Crippen molar-refractivity contribution < 1.29 is 4.42 Å². The number of nitrogens with zero attached hydrogens (tertiary/aromatic N) is 2. The number of fused-ring (bicyclic) bond motifs is 5. The molecule has 40 heavy (non-hydrogen) atoms. The molecular formula is C37H24N2O. The maximum absolute atomic E-state index is 6.11. The lowest BCUT2D eigenvalue weighted by Crippen LogP contribution is -2.09. The third-order valence-corrected chi connectivity index (χ3v) is 7.61. The van der Waals surface area contributed by atoms with Gasteiger partial charge in [0.1, 0.15) is 11.2 Å². The number of anilines is 3. The Hall–Kier alpha value is -5.41. The van der Waals surface area contributed by atoms with Gasteiger partial charge < -0.3 is 9.32 Å². The maximum Gasteiger partial charge on any atom is 0.135 e. The van der Waals surface area contributed by atoms with Crippen molar-refractivity contribution in [3.05, 3.63) is 146 Å². The number of benzene rings is 6. The van der Waals surface area contributed by atoms with E-state index in [0.29, 0.717) is 0 Å². The van der Waals surface area contributed by atoms with Gasteiger partial charge in [-0.25, -0.2) is 4.98 Å². The van der Waals surface area contributed by atoms with Gasteiger partial charge in [-0.3, -0.25) is 0 Å². The van der Waals surface area contributed by atoms with Crippen LogP contribution in [0.3, 0.4) is 0 Å². The molecule has 0 atom stereocenters. The van der Waals surface area contributed by atoms with E-state index in [0.717, 1.165) is 61.2 Å². The van der Waals surface area contributed by atoms with Crippen LogP contribution >= 0.6 is 0 Å². The van der Waals surface area contributed by atoms with Crippen LogP contribution in [0.2, 0.25) is 0 Å². The summed E-state index contributed by atoms with van der Waals surface area (Å²) in [5, 5.41) is 5.74. The molecule has 0 aliphatic rings. The fourth-order valence-corrected chi connectivity index (χ4v) is 5.64. The number of aromatic nitrogens is 1. The first-order valence-electron chi connectivity index (χ1n) is 13.5. The van der Waals surface area contributed by atoms with E-state index >= 15 is 0 Å². The van der Waals surface area contributed by atoms with Gasteiger partial charge in [0.25, 0.3) is 0 Å². The van der Waals surface area contributed by atoms with E-state index in [-0.39, 0.29) is 0 Å². The summed E-state index contributed by atoms with van der Waals surface area (Å²) in [4.78, 5) is 7.24. The summed E-state index contributed by atoms with van der Waals surface area (Å²) in [7, 11) is 0. The SMILES string of the molecule is c1ccc(N(c2ccc3ccc(-c4ccc5ccccc5n4)cc3c2)c2ccc3oc4ccccc4c3c2)cc1. The second kappa shape index (κ2) is 9.11. The number of para-hydroxylation sites is 3. The van der Waals surface area contributed by atoms with E-state index in [1.54, 1.807) is 0 Å². The topological polar surface area (TPSA) is 29.3 Å². The van der Waals surface area contributed by atoms with E-state index in [4.69, 9.17) is 9.40 Å². The van der Waals surface area contributed by atoms with Crippen LogP contribution in [0.4, 0.5) is 17.1 Å². The summed E-state index contributed by atoms with van der Waals surface area (Å²) < 4.78 is 6.11. The minimum absolute atomic E-state index is 0.893. The predicted molar refractivity (Wildman–Crippen MR) is 167 cm³/mol. The molecular weight excluding hydrogens is 488 g/mol.